The number of anilines is 3. The first-order valence-corrected chi connectivity index (χ1v) is 6.48. The fourth-order valence-electron chi connectivity index (χ4n) is 1.77. The lowest BCUT2D eigenvalue weighted by atomic mass is 10.2. The number of benzene rings is 1. The maximum absolute atomic E-state index is 11.8. The van der Waals surface area contributed by atoms with Gasteiger partial charge >= 0.3 is 5.97 Å². The summed E-state index contributed by atoms with van der Waals surface area (Å²) in [5.41, 5.74) is 7.31. The van der Waals surface area contributed by atoms with Crippen LogP contribution in [0.1, 0.15) is 17.3 Å². The van der Waals surface area contributed by atoms with Crippen molar-refractivity contribution in [2.75, 3.05) is 24.8 Å². The molecule has 21 heavy (non-hydrogen) atoms. The summed E-state index contributed by atoms with van der Waals surface area (Å²) in [5, 5.41) is 3.06. The van der Waals surface area contributed by atoms with Crippen molar-refractivity contribution in [1.29, 1.82) is 0 Å². The first-order valence-electron chi connectivity index (χ1n) is 6.48. The van der Waals surface area contributed by atoms with Gasteiger partial charge in [-0.25, -0.2) is 9.78 Å². The number of carbonyl (C=O) groups is 1. The minimum Gasteiger partial charge on any atom is -0.497 e. The number of nitrogens with one attached hydrogen (secondary N) is 1. The normalized spacial score (nSPS) is 10.0. The summed E-state index contributed by atoms with van der Waals surface area (Å²) in [6.45, 7) is 2.04. The van der Waals surface area contributed by atoms with E-state index in [1.165, 1.54) is 12.3 Å². The molecule has 6 heteroatoms. The third kappa shape index (κ3) is 3.42. The van der Waals surface area contributed by atoms with E-state index in [0.717, 1.165) is 11.4 Å². The van der Waals surface area contributed by atoms with Gasteiger partial charge in [0.15, 0.2) is 5.82 Å². The van der Waals surface area contributed by atoms with Crippen molar-refractivity contribution >= 4 is 23.2 Å². The van der Waals surface area contributed by atoms with Crippen molar-refractivity contribution in [3.05, 3.63) is 42.1 Å². The van der Waals surface area contributed by atoms with Gasteiger partial charge in [-0.3, -0.25) is 0 Å². The van der Waals surface area contributed by atoms with Crippen molar-refractivity contribution in [2.24, 2.45) is 0 Å². The molecule has 6 nitrogen and oxygen atoms in total. The van der Waals surface area contributed by atoms with Gasteiger partial charge in [0.05, 0.1) is 25.0 Å². The Labute approximate surface area is 122 Å². The zero-order valence-electron chi connectivity index (χ0n) is 11.9. The number of hydrogen-bond donors (Lipinski definition) is 2. The van der Waals surface area contributed by atoms with E-state index in [1.54, 1.807) is 14.0 Å². The van der Waals surface area contributed by atoms with Crippen LogP contribution in [-0.2, 0) is 4.74 Å². The largest absolute Gasteiger partial charge is 0.497 e. The number of nitrogen functional groups attached to an aromatic ring is 1. The second-order valence-corrected chi connectivity index (χ2v) is 4.19. The summed E-state index contributed by atoms with van der Waals surface area (Å²) in [7, 11) is 1.60. The molecule has 2 aromatic rings. The molecule has 0 bridgehead atoms. The number of methoxy groups -OCH3 is 1. The minimum absolute atomic E-state index is 0.256. The lowest BCUT2D eigenvalue weighted by Gasteiger charge is -2.11. The number of aromatic nitrogens is 1. The van der Waals surface area contributed by atoms with Gasteiger partial charge in [0.25, 0.3) is 0 Å². The molecule has 3 N–H and O–H groups in total. The predicted octanol–water partition coefficient (Wildman–Crippen LogP) is 2.59. The molecule has 0 fully saturated rings. The van der Waals surface area contributed by atoms with Crippen molar-refractivity contribution in [2.45, 2.75) is 6.92 Å². The minimum atomic E-state index is -0.463. The van der Waals surface area contributed by atoms with Crippen LogP contribution in [0.2, 0.25) is 0 Å². The lowest BCUT2D eigenvalue weighted by Crippen LogP contribution is -2.10. The molecule has 1 aromatic heterocycles. The Bertz CT molecular complexity index is 627. The average molecular weight is 287 g/mol. The van der Waals surface area contributed by atoms with Gasteiger partial charge in [0.1, 0.15) is 5.75 Å². The molecule has 0 aliphatic rings. The summed E-state index contributed by atoms with van der Waals surface area (Å²) < 4.78 is 10.0. The lowest BCUT2D eigenvalue weighted by molar-refractivity contribution is 0.0527. The van der Waals surface area contributed by atoms with Crippen LogP contribution in [0.15, 0.2) is 36.5 Å². The standard InChI is InChI=1S/C15H17N3O3/c1-3-21-15(19)12-8-9-17-14(13(12)16)18-10-4-6-11(20-2)7-5-10/h4-9H,3,16H2,1-2H3,(H,17,18). The van der Waals surface area contributed by atoms with Crippen molar-refractivity contribution < 1.29 is 14.3 Å². The van der Waals surface area contributed by atoms with Gasteiger partial charge in [-0.15, -0.1) is 0 Å². The zero-order chi connectivity index (χ0) is 15.2. The Kier molecular flexibility index (Phi) is 4.61. The van der Waals surface area contributed by atoms with Crippen LogP contribution >= 0.6 is 0 Å². The van der Waals surface area contributed by atoms with Crippen LogP contribution in [0.5, 0.6) is 5.75 Å². The number of esters is 1. The molecule has 0 radical (unpaired) electrons. The van der Waals surface area contributed by atoms with E-state index < -0.39 is 5.97 Å². The molecule has 0 aliphatic carbocycles. The molecule has 1 aromatic carbocycles. The molecule has 2 rings (SSSR count). The highest BCUT2D eigenvalue weighted by Crippen LogP contribution is 2.25. The number of ether oxygens (including phenoxy) is 2. The van der Waals surface area contributed by atoms with Gasteiger partial charge in [-0.1, -0.05) is 0 Å². The van der Waals surface area contributed by atoms with E-state index in [4.69, 9.17) is 15.2 Å². The number of pyridine rings is 1. The van der Waals surface area contributed by atoms with Gasteiger partial charge in [-0.05, 0) is 37.3 Å². The molecule has 0 saturated heterocycles. The molecule has 0 aliphatic heterocycles. The van der Waals surface area contributed by atoms with Crippen molar-refractivity contribution in [3.63, 3.8) is 0 Å². The Balaban J connectivity index is 2.23. The highest BCUT2D eigenvalue weighted by molar-refractivity contribution is 5.98. The first-order chi connectivity index (χ1) is 10.2. The first kappa shape index (κ1) is 14.6. The number of hydrogen-bond acceptors (Lipinski definition) is 6. The number of nitrogens with zero attached hydrogens (tertiary/aromatic N) is 1. The molecule has 0 spiro atoms. The number of nitrogens with two attached hydrogens (primary N) is 1. The summed E-state index contributed by atoms with van der Waals surface area (Å²) in [6, 6.07) is 8.82. The molecule has 0 unspecified atom stereocenters. The summed E-state index contributed by atoms with van der Waals surface area (Å²) in [4.78, 5) is 15.9. The second-order valence-electron chi connectivity index (χ2n) is 4.19. The monoisotopic (exact) mass is 287 g/mol. The number of rotatable bonds is 5. The topological polar surface area (TPSA) is 86.5 Å². The van der Waals surface area contributed by atoms with Crippen LogP contribution in [-0.4, -0.2) is 24.7 Å². The third-order valence-corrected chi connectivity index (χ3v) is 2.84. The predicted molar refractivity (Wildman–Crippen MR) is 80.9 cm³/mol. The van der Waals surface area contributed by atoms with Gasteiger partial charge in [0, 0.05) is 11.9 Å². The Morgan fingerprint density at radius 1 is 1.29 bits per heavy atom. The van der Waals surface area contributed by atoms with E-state index in [2.05, 4.69) is 10.3 Å². The Hall–Kier alpha value is -2.76. The highest BCUT2D eigenvalue weighted by atomic mass is 16.5. The molecular weight excluding hydrogens is 270 g/mol. The van der Waals surface area contributed by atoms with Gasteiger partial charge in [-0.2, -0.15) is 0 Å². The van der Waals surface area contributed by atoms with E-state index in [9.17, 15) is 4.79 Å². The number of carbonyl (C=O) groups excluding carboxylic acids is 1. The Morgan fingerprint density at radius 3 is 2.62 bits per heavy atom. The van der Waals surface area contributed by atoms with E-state index in [1.807, 2.05) is 24.3 Å². The van der Waals surface area contributed by atoms with Crippen LogP contribution in [0.25, 0.3) is 0 Å². The maximum Gasteiger partial charge on any atom is 0.340 e. The SMILES string of the molecule is CCOC(=O)c1ccnc(Nc2ccc(OC)cc2)c1N. The van der Waals surface area contributed by atoms with E-state index in [-0.39, 0.29) is 5.69 Å². The molecule has 0 saturated carbocycles. The average Bonchev–Trinajstić information content (AvgIpc) is 2.50. The van der Waals surface area contributed by atoms with Crippen LogP contribution < -0.4 is 15.8 Å². The molecule has 1 heterocycles. The van der Waals surface area contributed by atoms with Crippen LogP contribution in [0.3, 0.4) is 0 Å². The van der Waals surface area contributed by atoms with E-state index >= 15 is 0 Å². The summed E-state index contributed by atoms with van der Waals surface area (Å²) >= 11 is 0. The fraction of sp³-hybridized carbons (Fsp3) is 0.200. The fourth-order valence-corrected chi connectivity index (χ4v) is 1.77. The summed E-state index contributed by atoms with van der Waals surface area (Å²) in [5.74, 6) is 0.697. The highest BCUT2D eigenvalue weighted by Gasteiger charge is 2.14. The van der Waals surface area contributed by atoms with Gasteiger partial charge in [0.2, 0.25) is 0 Å². The van der Waals surface area contributed by atoms with Crippen LogP contribution in [0.4, 0.5) is 17.2 Å². The molecule has 0 atom stereocenters. The van der Waals surface area contributed by atoms with E-state index in [0.29, 0.717) is 18.0 Å². The molecular formula is C15H17N3O3. The quantitative estimate of drug-likeness (QED) is 0.822. The zero-order valence-corrected chi connectivity index (χ0v) is 11.9. The summed E-state index contributed by atoms with van der Waals surface area (Å²) in [6.07, 6.45) is 1.51. The van der Waals surface area contributed by atoms with Gasteiger partial charge < -0.3 is 20.5 Å². The maximum atomic E-state index is 11.8. The van der Waals surface area contributed by atoms with Crippen molar-refractivity contribution in [1.82, 2.24) is 4.98 Å². The second kappa shape index (κ2) is 6.60. The third-order valence-electron chi connectivity index (χ3n) is 2.84. The molecule has 110 valence electrons. The van der Waals surface area contributed by atoms with Crippen LogP contribution in [0, 0.1) is 0 Å². The van der Waals surface area contributed by atoms with Crippen molar-refractivity contribution in [3.8, 4) is 5.75 Å². The Morgan fingerprint density at radius 2 is 2.00 bits per heavy atom. The smallest absolute Gasteiger partial charge is 0.340 e. The molecule has 0 amide bonds.